The Labute approximate surface area is 341 Å². The summed E-state index contributed by atoms with van der Waals surface area (Å²) in [5.41, 5.74) is 0. The number of nitrogens with zero attached hydrogens (tertiary/aromatic N) is 1. The van der Waals surface area contributed by atoms with Crippen LogP contribution >= 0.6 is 7.82 Å². The SMILES string of the molecule is CC/C=C/C/C=C/C/C=C/C/C=C/C/C=C/CCCC(=O)OC[C@H](COP(=O)([O-])OCC[N+](C)(C)C)OC(=O)CCCCCCC/C=C/C=C/CCCCCC. The summed E-state index contributed by atoms with van der Waals surface area (Å²) in [7, 11) is 1.11. The molecule has 0 radical (unpaired) electrons. The molecule has 0 aromatic carbocycles. The molecule has 0 fully saturated rings. The Kier molecular flexibility index (Phi) is 35.9. The molecule has 0 spiro atoms. The van der Waals surface area contributed by atoms with Gasteiger partial charge in [-0.3, -0.25) is 14.2 Å². The van der Waals surface area contributed by atoms with Gasteiger partial charge >= 0.3 is 11.9 Å². The van der Waals surface area contributed by atoms with Crippen molar-refractivity contribution >= 4 is 19.8 Å². The number of likely N-dealkylation sites (N-methyl/N-ethyl adjacent to an activating group) is 1. The van der Waals surface area contributed by atoms with Gasteiger partial charge < -0.3 is 27.9 Å². The van der Waals surface area contributed by atoms with Crippen molar-refractivity contribution in [1.29, 1.82) is 0 Å². The fraction of sp³-hybridized carbons (Fsp3) is 0.652. The van der Waals surface area contributed by atoms with Crippen molar-refractivity contribution in [3.8, 4) is 0 Å². The van der Waals surface area contributed by atoms with Gasteiger partial charge in [0.1, 0.15) is 19.8 Å². The van der Waals surface area contributed by atoms with Crippen LogP contribution in [-0.4, -0.2) is 70.0 Å². The number of hydrogen-bond donors (Lipinski definition) is 0. The summed E-state index contributed by atoms with van der Waals surface area (Å²) in [4.78, 5) is 37.5. The standard InChI is InChI=1S/C46H78NO8P/c1-6-8-10-12-14-16-18-20-22-23-25-26-28-30-32-34-36-38-45(48)52-42-44(43-54-56(50,51)53-41-40-47(3,4)5)55-46(49)39-37-35-33-31-29-27-24-21-19-17-15-13-11-9-7-2/h8,10,14,16-17,19-22,24-26,30,32,44H,6-7,9,11-13,15,18,23,27-29,31,33-43H2,1-5H3/b10-8+,16-14+,19-17+,22-20+,24-21+,26-25+,32-30+/t44-/m1/s1. The van der Waals surface area contributed by atoms with E-state index >= 15 is 0 Å². The molecule has 0 aliphatic rings. The van der Waals surface area contributed by atoms with Crippen LogP contribution in [0.15, 0.2) is 85.1 Å². The molecule has 10 heteroatoms. The normalized spacial score (nSPS) is 14.5. The minimum atomic E-state index is -4.65. The molecule has 0 aliphatic heterocycles. The average molecular weight is 804 g/mol. The Morgan fingerprint density at radius 3 is 1.66 bits per heavy atom. The first-order valence-electron chi connectivity index (χ1n) is 21.3. The van der Waals surface area contributed by atoms with E-state index in [1.807, 2.05) is 27.2 Å². The quantitative estimate of drug-likeness (QED) is 0.0152. The van der Waals surface area contributed by atoms with Crippen LogP contribution < -0.4 is 4.89 Å². The molecule has 0 saturated heterocycles. The molecule has 0 aromatic rings. The van der Waals surface area contributed by atoms with Gasteiger partial charge in [-0.15, -0.1) is 0 Å². The topological polar surface area (TPSA) is 111 Å². The van der Waals surface area contributed by atoms with E-state index in [1.165, 1.54) is 25.7 Å². The summed E-state index contributed by atoms with van der Waals surface area (Å²) < 4.78 is 33.8. The Morgan fingerprint density at radius 1 is 0.589 bits per heavy atom. The Morgan fingerprint density at radius 2 is 1.09 bits per heavy atom. The molecule has 9 nitrogen and oxygen atoms in total. The van der Waals surface area contributed by atoms with Crippen molar-refractivity contribution in [2.45, 2.75) is 148 Å². The highest BCUT2D eigenvalue weighted by atomic mass is 31.2. The number of ether oxygens (including phenoxy) is 2. The van der Waals surface area contributed by atoms with E-state index in [0.717, 1.165) is 77.0 Å². The molecule has 0 rings (SSSR count). The number of phosphoric ester groups is 1. The van der Waals surface area contributed by atoms with Crippen LogP contribution in [0.3, 0.4) is 0 Å². The summed E-state index contributed by atoms with van der Waals surface area (Å²) >= 11 is 0. The van der Waals surface area contributed by atoms with Crippen LogP contribution in [0.2, 0.25) is 0 Å². The van der Waals surface area contributed by atoms with Crippen LogP contribution in [0.25, 0.3) is 0 Å². The number of allylic oxidation sites excluding steroid dienone is 14. The molecular formula is C46H78NO8P. The zero-order chi connectivity index (χ0) is 41.4. The molecule has 2 atom stereocenters. The van der Waals surface area contributed by atoms with Crippen LogP contribution in [0.1, 0.15) is 142 Å². The maximum Gasteiger partial charge on any atom is 0.306 e. The molecule has 0 aromatic heterocycles. The van der Waals surface area contributed by atoms with E-state index in [1.54, 1.807) is 0 Å². The molecule has 0 bridgehead atoms. The second-order valence-electron chi connectivity index (χ2n) is 15.0. The molecule has 0 amide bonds. The van der Waals surface area contributed by atoms with Gasteiger partial charge in [0.05, 0.1) is 27.7 Å². The van der Waals surface area contributed by atoms with Crippen molar-refractivity contribution < 1.29 is 42.1 Å². The maximum atomic E-state index is 12.7. The second kappa shape index (κ2) is 37.7. The first-order chi connectivity index (χ1) is 27.0. The van der Waals surface area contributed by atoms with Gasteiger partial charge in [0.2, 0.25) is 0 Å². The van der Waals surface area contributed by atoms with Crippen LogP contribution in [0.4, 0.5) is 0 Å². The minimum Gasteiger partial charge on any atom is -0.756 e. The number of carbonyl (C=O) groups is 2. The number of esters is 2. The maximum absolute atomic E-state index is 12.7. The molecule has 0 aliphatic carbocycles. The predicted octanol–water partition coefficient (Wildman–Crippen LogP) is 11.4. The van der Waals surface area contributed by atoms with Crippen LogP contribution in [0.5, 0.6) is 0 Å². The summed E-state index contributed by atoms with van der Waals surface area (Å²) in [6.45, 7) is 3.98. The number of quaternary nitrogens is 1. The van der Waals surface area contributed by atoms with Crippen molar-refractivity contribution in [3.05, 3.63) is 85.1 Å². The van der Waals surface area contributed by atoms with Crippen LogP contribution in [-0.2, 0) is 32.7 Å². The molecule has 0 N–H and O–H groups in total. The number of carbonyl (C=O) groups excluding carboxylic acids is 2. The fourth-order valence-corrected chi connectivity index (χ4v) is 5.82. The smallest absolute Gasteiger partial charge is 0.306 e. The highest BCUT2D eigenvalue weighted by molar-refractivity contribution is 7.45. The van der Waals surface area contributed by atoms with Crippen molar-refractivity contribution in [3.63, 3.8) is 0 Å². The summed E-state index contributed by atoms with van der Waals surface area (Å²) in [5, 5.41) is 0. The molecule has 0 saturated carbocycles. The molecule has 1 unspecified atom stereocenters. The lowest BCUT2D eigenvalue weighted by molar-refractivity contribution is -0.870. The second-order valence-corrected chi connectivity index (χ2v) is 16.4. The molecule has 56 heavy (non-hydrogen) atoms. The van der Waals surface area contributed by atoms with E-state index in [4.69, 9.17) is 18.5 Å². The number of hydrogen-bond acceptors (Lipinski definition) is 8. The molecular weight excluding hydrogens is 725 g/mol. The van der Waals surface area contributed by atoms with E-state index in [2.05, 4.69) is 92.8 Å². The van der Waals surface area contributed by atoms with Gasteiger partial charge in [0, 0.05) is 12.8 Å². The lowest BCUT2D eigenvalue weighted by Gasteiger charge is -2.28. The monoisotopic (exact) mass is 804 g/mol. The van der Waals surface area contributed by atoms with Crippen LogP contribution in [0, 0.1) is 0 Å². The molecule has 0 heterocycles. The van der Waals surface area contributed by atoms with Gasteiger partial charge in [0.25, 0.3) is 7.82 Å². The number of rotatable bonds is 37. The average Bonchev–Trinajstić information content (AvgIpc) is 3.15. The predicted molar refractivity (Wildman–Crippen MR) is 231 cm³/mol. The zero-order valence-corrected chi connectivity index (χ0v) is 36.7. The third kappa shape index (κ3) is 40.8. The third-order valence-electron chi connectivity index (χ3n) is 8.43. The van der Waals surface area contributed by atoms with Gasteiger partial charge in [0.15, 0.2) is 6.10 Å². The summed E-state index contributed by atoms with van der Waals surface area (Å²) in [6.07, 6.45) is 47.6. The first kappa shape index (κ1) is 53.2. The largest absolute Gasteiger partial charge is 0.756 e. The van der Waals surface area contributed by atoms with Gasteiger partial charge in [-0.2, -0.15) is 0 Å². The lowest BCUT2D eigenvalue weighted by Crippen LogP contribution is -2.37. The Balaban J connectivity index is 4.53. The van der Waals surface area contributed by atoms with Gasteiger partial charge in [-0.05, 0) is 77.0 Å². The van der Waals surface area contributed by atoms with Crippen molar-refractivity contribution in [1.82, 2.24) is 0 Å². The molecule has 320 valence electrons. The highest BCUT2D eigenvalue weighted by Crippen LogP contribution is 2.38. The zero-order valence-electron chi connectivity index (χ0n) is 35.8. The van der Waals surface area contributed by atoms with Gasteiger partial charge in [-0.1, -0.05) is 137 Å². The number of unbranched alkanes of at least 4 members (excludes halogenated alkanes) is 10. The van der Waals surface area contributed by atoms with E-state index < -0.39 is 32.5 Å². The van der Waals surface area contributed by atoms with Crippen molar-refractivity contribution in [2.24, 2.45) is 0 Å². The van der Waals surface area contributed by atoms with E-state index in [-0.39, 0.29) is 26.1 Å². The highest BCUT2D eigenvalue weighted by Gasteiger charge is 2.21. The minimum absolute atomic E-state index is 0.0475. The number of phosphoric acid groups is 1. The van der Waals surface area contributed by atoms with E-state index in [0.29, 0.717) is 23.9 Å². The fourth-order valence-electron chi connectivity index (χ4n) is 5.09. The summed E-state index contributed by atoms with van der Waals surface area (Å²) in [6, 6.07) is 0. The third-order valence-corrected chi connectivity index (χ3v) is 9.39. The van der Waals surface area contributed by atoms with Gasteiger partial charge in [-0.25, -0.2) is 0 Å². The Bertz CT molecular complexity index is 1230. The lowest BCUT2D eigenvalue weighted by atomic mass is 10.1. The van der Waals surface area contributed by atoms with E-state index in [9.17, 15) is 19.0 Å². The summed E-state index contributed by atoms with van der Waals surface area (Å²) in [5.74, 6) is -0.930. The first-order valence-corrected chi connectivity index (χ1v) is 22.8. The Hall–Kier alpha value is -2.81. The van der Waals surface area contributed by atoms with Crippen molar-refractivity contribution in [2.75, 3.05) is 47.5 Å².